The Balaban J connectivity index is 1.79. The molecule has 1 aliphatic rings. The lowest BCUT2D eigenvalue weighted by Crippen LogP contribution is -2.51. The van der Waals surface area contributed by atoms with Crippen molar-refractivity contribution in [3.05, 3.63) is 34.3 Å². The second kappa shape index (κ2) is 8.63. The molecule has 0 radical (unpaired) electrons. The minimum atomic E-state index is -3.85. The minimum Gasteiger partial charge on any atom is -0.408 e. The van der Waals surface area contributed by atoms with Crippen molar-refractivity contribution in [1.82, 2.24) is 10.0 Å². The lowest BCUT2D eigenvalue weighted by Gasteiger charge is -2.28. The summed E-state index contributed by atoms with van der Waals surface area (Å²) in [5.41, 5.74) is 3.52. The van der Waals surface area contributed by atoms with Crippen molar-refractivity contribution in [2.24, 2.45) is 0 Å². The molecule has 162 valence electrons. The zero-order valence-electron chi connectivity index (χ0n) is 16.8. The van der Waals surface area contributed by atoms with Crippen molar-refractivity contribution in [1.29, 1.82) is 0 Å². The third kappa shape index (κ3) is 4.43. The van der Waals surface area contributed by atoms with E-state index in [-0.39, 0.29) is 13.0 Å². The molecular formula is C20H24N2O7S. The van der Waals surface area contributed by atoms with Crippen LogP contribution in [0.25, 0.3) is 11.1 Å². The number of fused-ring (bicyclic) bond motifs is 1. The first-order valence-electron chi connectivity index (χ1n) is 9.53. The molecule has 1 N–H and O–H groups in total. The van der Waals surface area contributed by atoms with Gasteiger partial charge in [0.1, 0.15) is 0 Å². The molecule has 0 bridgehead atoms. The van der Waals surface area contributed by atoms with E-state index >= 15 is 0 Å². The van der Waals surface area contributed by atoms with Gasteiger partial charge in [-0.15, -0.1) is 6.42 Å². The molecule has 1 fully saturated rings. The number of aryl methyl sites for hydroxylation is 1. The third-order valence-electron chi connectivity index (χ3n) is 5.37. The van der Waals surface area contributed by atoms with Gasteiger partial charge in [0.25, 0.3) is 5.91 Å². The molecule has 1 aliphatic heterocycles. The number of terminal acetylenes is 1. The van der Waals surface area contributed by atoms with Gasteiger partial charge in [0, 0.05) is 31.4 Å². The first-order chi connectivity index (χ1) is 14.2. The second-order valence-corrected chi connectivity index (χ2v) is 9.89. The third-order valence-corrected chi connectivity index (χ3v) is 7.39. The van der Waals surface area contributed by atoms with Crippen LogP contribution in [-0.2, 0) is 30.8 Å². The van der Waals surface area contributed by atoms with Crippen LogP contribution in [0.1, 0.15) is 38.2 Å². The Morgan fingerprint density at radius 3 is 2.83 bits per heavy atom. The van der Waals surface area contributed by atoms with Crippen LogP contribution >= 0.6 is 0 Å². The quantitative estimate of drug-likeness (QED) is 0.514. The topological polar surface area (TPSA) is 117 Å². The number of rotatable bonds is 7. The number of hydroxylamine groups is 1. The summed E-state index contributed by atoms with van der Waals surface area (Å²) in [6.07, 6.45) is 7.95. The van der Waals surface area contributed by atoms with E-state index in [4.69, 9.17) is 20.4 Å². The Hall–Kier alpha value is -2.61. The first-order valence-corrected chi connectivity index (χ1v) is 11.4. The van der Waals surface area contributed by atoms with Gasteiger partial charge in [0.15, 0.2) is 26.5 Å². The molecule has 2 aromatic rings. The van der Waals surface area contributed by atoms with E-state index in [0.717, 1.165) is 19.1 Å². The summed E-state index contributed by atoms with van der Waals surface area (Å²) in [4.78, 5) is 30.3. The van der Waals surface area contributed by atoms with Crippen molar-refractivity contribution < 1.29 is 27.2 Å². The van der Waals surface area contributed by atoms with Crippen LogP contribution in [0.3, 0.4) is 0 Å². The molecule has 9 nitrogen and oxygen atoms in total. The van der Waals surface area contributed by atoms with Gasteiger partial charge in [0.05, 0.1) is 5.52 Å². The van der Waals surface area contributed by atoms with Crippen LogP contribution in [0.5, 0.6) is 0 Å². The second-order valence-electron chi connectivity index (χ2n) is 7.44. The van der Waals surface area contributed by atoms with Gasteiger partial charge in [-0.05, 0) is 44.4 Å². The van der Waals surface area contributed by atoms with Gasteiger partial charge in [-0.25, -0.2) is 23.5 Å². The van der Waals surface area contributed by atoms with Crippen molar-refractivity contribution in [3.63, 3.8) is 0 Å². The maximum Gasteiger partial charge on any atom is 0.419 e. The number of benzene rings is 1. The standard InChI is InChI=1S/C20H24N2O7S/c1-4-14-8-9-15-16(13-14)28-19(24)22(15)11-10-20(2,30(3,25)26)18(23)21-29-17-7-5-6-12-27-17/h1,8-9,13,17H,5-7,10-12H2,2-3H3,(H,21,23). The van der Waals surface area contributed by atoms with Gasteiger partial charge >= 0.3 is 5.76 Å². The summed E-state index contributed by atoms with van der Waals surface area (Å²) < 4.78 is 34.9. The van der Waals surface area contributed by atoms with Gasteiger partial charge in [0.2, 0.25) is 0 Å². The number of carbonyl (C=O) groups is 1. The van der Waals surface area contributed by atoms with Crippen LogP contribution in [0.2, 0.25) is 0 Å². The summed E-state index contributed by atoms with van der Waals surface area (Å²) >= 11 is 0. The summed E-state index contributed by atoms with van der Waals surface area (Å²) in [5.74, 6) is 0.963. The Morgan fingerprint density at radius 2 is 2.20 bits per heavy atom. The van der Waals surface area contributed by atoms with E-state index in [1.807, 2.05) is 0 Å². The Morgan fingerprint density at radius 1 is 1.43 bits per heavy atom. The molecule has 0 saturated carbocycles. The molecule has 2 heterocycles. The monoisotopic (exact) mass is 436 g/mol. The number of carbonyl (C=O) groups excluding carboxylic acids is 1. The van der Waals surface area contributed by atoms with Crippen LogP contribution in [0.15, 0.2) is 27.4 Å². The highest BCUT2D eigenvalue weighted by molar-refractivity contribution is 7.92. The normalized spacial score (nSPS) is 19.2. The van der Waals surface area contributed by atoms with Crippen molar-refractivity contribution in [2.75, 3.05) is 12.9 Å². The van der Waals surface area contributed by atoms with Crippen LogP contribution in [0.4, 0.5) is 0 Å². The van der Waals surface area contributed by atoms with E-state index in [1.165, 1.54) is 11.5 Å². The molecule has 1 aromatic carbocycles. The number of amides is 1. The van der Waals surface area contributed by atoms with Gasteiger partial charge < -0.3 is 9.15 Å². The molecular weight excluding hydrogens is 412 g/mol. The molecule has 30 heavy (non-hydrogen) atoms. The summed E-state index contributed by atoms with van der Waals surface area (Å²) in [5, 5.41) is 0. The molecule has 3 rings (SSSR count). The average molecular weight is 436 g/mol. The molecule has 0 spiro atoms. The number of nitrogens with zero attached hydrogens (tertiary/aromatic N) is 1. The van der Waals surface area contributed by atoms with Crippen molar-refractivity contribution >= 4 is 26.8 Å². The molecule has 10 heteroatoms. The van der Waals surface area contributed by atoms with Gasteiger partial charge in [-0.1, -0.05) is 5.92 Å². The summed E-state index contributed by atoms with van der Waals surface area (Å²) in [6, 6.07) is 4.82. The molecule has 1 saturated heterocycles. The number of ether oxygens (including phenoxy) is 1. The number of nitrogens with one attached hydrogen (secondary N) is 1. The molecule has 1 amide bonds. The largest absolute Gasteiger partial charge is 0.419 e. The van der Waals surface area contributed by atoms with Crippen LogP contribution in [-0.4, -0.2) is 42.8 Å². The number of oxazole rings is 1. The summed E-state index contributed by atoms with van der Waals surface area (Å²) in [6.45, 7) is 1.76. The van der Waals surface area contributed by atoms with Crippen molar-refractivity contribution in [2.45, 2.75) is 50.2 Å². The fourth-order valence-corrected chi connectivity index (χ4v) is 4.03. The predicted octanol–water partition coefficient (Wildman–Crippen LogP) is 1.34. The molecule has 2 atom stereocenters. The highest BCUT2D eigenvalue weighted by atomic mass is 32.2. The number of hydrogen-bond donors (Lipinski definition) is 1. The lowest BCUT2D eigenvalue weighted by molar-refractivity contribution is -0.201. The highest BCUT2D eigenvalue weighted by Crippen LogP contribution is 2.24. The number of aromatic nitrogens is 1. The number of hydrogen-bond acceptors (Lipinski definition) is 7. The number of sulfone groups is 1. The van der Waals surface area contributed by atoms with Crippen LogP contribution < -0.4 is 11.2 Å². The van der Waals surface area contributed by atoms with Gasteiger partial charge in [-0.3, -0.25) is 9.36 Å². The van der Waals surface area contributed by atoms with E-state index in [2.05, 4.69) is 11.4 Å². The summed E-state index contributed by atoms with van der Waals surface area (Å²) in [7, 11) is -3.85. The molecule has 2 unspecified atom stereocenters. The van der Waals surface area contributed by atoms with E-state index in [9.17, 15) is 18.0 Å². The predicted molar refractivity (Wildman–Crippen MR) is 109 cm³/mol. The lowest BCUT2D eigenvalue weighted by atomic mass is 10.1. The Bertz CT molecular complexity index is 1140. The zero-order valence-corrected chi connectivity index (χ0v) is 17.7. The molecule has 1 aromatic heterocycles. The first kappa shape index (κ1) is 22.1. The smallest absolute Gasteiger partial charge is 0.408 e. The maximum absolute atomic E-state index is 12.7. The van der Waals surface area contributed by atoms with E-state index in [1.54, 1.807) is 18.2 Å². The van der Waals surface area contributed by atoms with Crippen molar-refractivity contribution in [3.8, 4) is 12.3 Å². The molecule has 0 aliphatic carbocycles. The minimum absolute atomic E-state index is 0.0574. The SMILES string of the molecule is C#Cc1ccc2c(c1)oc(=O)n2CCC(C)(C(=O)NOC1CCCCO1)S(C)(=O)=O. The highest BCUT2D eigenvalue weighted by Gasteiger charge is 2.44. The van der Waals surface area contributed by atoms with Crippen LogP contribution in [0, 0.1) is 12.3 Å². The van der Waals surface area contributed by atoms with E-state index < -0.39 is 32.5 Å². The Labute approximate surface area is 174 Å². The fourth-order valence-electron chi connectivity index (χ4n) is 3.19. The van der Waals surface area contributed by atoms with E-state index in [0.29, 0.717) is 29.7 Å². The Kier molecular flexibility index (Phi) is 6.36. The maximum atomic E-state index is 12.7. The fraction of sp³-hybridized carbons (Fsp3) is 0.500. The van der Waals surface area contributed by atoms with Gasteiger partial charge in [-0.2, -0.15) is 0 Å². The zero-order chi connectivity index (χ0) is 21.9. The average Bonchev–Trinajstić information content (AvgIpc) is 3.04.